The Morgan fingerprint density at radius 2 is 2.17 bits per heavy atom. The van der Waals surface area contributed by atoms with Crippen molar-refractivity contribution in [3.8, 4) is 6.07 Å². The molecule has 0 unspecified atom stereocenters. The highest BCUT2D eigenvalue weighted by Gasteiger charge is 2.20. The minimum Gasteiger partial charge on any atom is -0.464 e. The highest BCUT2D eigenvalue weighted by atomic mass is 16.5. The molecule has 1 aromatic heterocycles. The Kier molecular flexibility index (Phi) is 3.72. The predicted octanol–water partition coefficient (Wildman–Crippen LogP) is 1.00. The van der Waals surface area contributed by atoms with Gasteiger partial charge < -0.3 is 9.64 Å². The van der Waals surface area contributed by atoms with Gasteiger partial charge in [0, 0.05) is 19.0 Å². The zero-order chi connectivity index (χ0) is 13.0. The zero-order valence-electron chi connectivity index (χ0n) is 10.2. The van der Waals surface area contributed by atoms with E-state index in [1.165, 1.54) is 7.11 Å². The summed E-state index contributed by atoms with van der Waals surface area (Å²) >= 11 is 0. The van der Waals surface area contributed by atoms with Crippen LogP contribution < -0.4 is 4.90 Å². The maximum atomic E-state index is 11.2. The average Bonchev–Trinajstić information content (AvgIpc) is 2.47. The van der Waals surface area contributed by atoms with E-state index in [1.807, 2.05) is 0 Å². The van der Waals surface area contributed by atoms with E-state index < -0.39 is 5.97 Å². The van der Waals surface area contributed by atoms with Crippen LogP contribution in [0.4, 0.5) is 5.82 Å². The van der Waals surface area contributed by atoms with Gasteiger partial charge in [-0.05, 0) is 25.0 Å². The summed E-state index contributed by atoms with van der Waals surface area (Å²) in [6, 6.07) is 5.64. The minimum atomic E-state index is -0.489. The number of esters is 1. The minimum absolute atomic E-state index is 0.142. The SMILES string of the molecule is COC(=O)c1ccc(N2CCC(C#N)CC2)nn1. The number of rotatable bonds is 2. The first kappa shape index (κ1) is 12.3. The molecule has 2 rings (SSSR count). The molecule has 0 spiro atoms. The molecule has 1 aliphatic rings. The molecule has 1 aromatic rings. The van der Waals surface area contributed by atoms with Crippen LogP contribution in [0.15, 0.2) is 12.1 Å². The number of carbonyl (C=O) groups is 1. The van der Waals surface area contributed by atoms with E-state index in [9.17, 15) is 4.79 Å². The molecule has 0 N–H and O–H groups in total. The Morgan fingerprint density at radius 3 is 2.67 bits per heavy atom. The Hall–Kier alpha value is -2.16. The van der Waals surface area contributed by atoms with Gasteiger partial charge in [0.15, 0.2) is 11.5 Å². The predicted molar refractivity (Wildman–Crippen MR) is 63.9 cm³/mol. The highest BCUT2D eigenvalue weighted by molar-refractivity contribution is 5.86. The monoisotopic (exact) mass is 246 g/mol. The van der Waals surface area contributed by atoms with Crippen LogP contribution in [0.25, 0.3) is 0 Å². The summed E-state index contributed by atoms with van der Waals surface area (Å²) in [7, 11) is 1.31. The Balaban J connectivity index is 2.03. The summed E-state index contributed by atoms with van der Waals surface area (Å²) in [5.74, 6) is 0.389. The number of anilines is 1. The van der Waals surface area contributed by atoms with E-state index in [-0.39, 0.29) is 11.6 Å². The standard InChI is InChI=1S/C12H14N4O2/c1-18-12(17)10-2-3-11(15-14-10)16-6-4-9(8-13)5-7-16/h2-3,9H,4-7H2,1H3. The molecule has 1 aliphatic heterocycles. The average molecular weight is 246 g/mol. The van der Waals surface area contributed by atoms with E-state index in [0.29, 0.717) is 0 Å². The zero-order valence-corrected chi connectivity index (χ0v) is 10.2. The number of carbonyl (C=O) groups excluding carboxylic acids is 1. The Bertz CT molecular complexity index is 458. The normalized spacial score (nSPS) is 16.1. The fourth-order valence-electron chi connectivity index (χ4n) is 1.95. The van der Waals surface area contributed by atoms with Crippen molar-refractivity contribution in [3.05, 3.63) is 17.8 Å². The van der Waals surface area contributed by atoms with Gasteiger partial charge in [-0.3, -0.25) is 0 Å². The van der Waals surface area contributed by atoms with E-state index in [4.69, 9.17) is 5.26 Å². The third kappa shape index (κ3) is 2.56. The van der Waals surface area contributed by atoms with Gasteiger partial charge in [0.2, 0.25) is 0 Å². The van der Waals surface area contributed by atoms with Crippen molar-refractivity contribution < 1.29 is 9.53 Å². The molecule has 0 saturated carbocycles. The molecule has 0 atom stereocenters. The maximum Gasteiger partial charge on any atom is 0.358 e. The number of ether oxygens (including phenoxy) is 1. The van der Waals surface area contributed by atoms with Crippen LogP contribution in [0.2, 0.25) is 0 Å². The molecule has 6 nitrogen and oxygen atoms in total. The molecule has 0 amide bonds. The van der Waals surface area contributed by atoms with Gasteiger partial charge in [0.25, 0.3) is 0 Å². The van der Waals surface area contributed by atoms with Gasteiger partial charge in [0.1, 0.15) is 0 Å². The lowest BCUT2D eigenvalue weighted by atomic mass is 9.99. The van der Waals surface area contributed by atoms with Crippen molar-refractivity contribution >= 4 is 11.8 Å². The lowest BCUT2D eigenvalue weighted by Crippen LogP contribution is -2.34. The first-order chi connectivity index (χ1) is 8.74. The van der Waals surface area contributed by atoms with Crippen LogP contribution in [0, 0.1) is 17.2 Å². The summed E-state index contributed by atoms with van der Waals surface area (Å²) in [5, 5.41) is 16.7. The van der Waals surface area contributed by atoms with Crippen LogP contribution in [-0.4, -0.2) is 36.4 Å². The number of hydrogen-bond acceptors (Lipinski definition) is 6. The third-order valence-electron chi connectivity index (χ3n) is 3.05. The van der Waals surface area contributed by atoms with Gasteiger partial charge in [-0.25, -0.2) is 4.79 Å². The van der Waals surface area contributed by atoms with Crippen LogP contribution in [0.5, 0.6) is 0 Å². The summed E-state index contributed by atoms with van der Waals surface area (Å²) in [6.45, 7) is 1.59. The van der Waals surface area contributed by atoms with E-state index in [2.05, 4.69) is 25.9 Å². The van der Waals surface area contributed by atoms with Crippen molar-refractivity contribution in [2.45, 2.75) is 12.8 Å². The molecule has 18 heavy (non-hydrogen) atoms. The Morgan fingerprint density at radius 1 is 1.44 bits per heavy atom. The lowest BCUT2D eigenvalue weighted by molar-refractivity contribution is 0.0592. The van der Waals surface area contributed by atoms with Crippen LogP contribution in [0.3, 0.4) is 0 Å². The summed E-state index contributed by atoms with van der Waals surface area (Å²) < 4.78 is 4.56. The second kappa shape index (κ2) is 5.45. The third-order valence-corrected chi connectivity index (χ3v) is 3.05. The molecule has 0 bridgehead atoms. The van der Waals surface area contributed by atoms with Crippen LogP contribution >= 0.6 is 0 Å². The van der Waals surface area contributed by atoms with Crippen molar-refractivity contribution in [2.75, 3.05) is 25.1 Å². The summed E-state index contributed by atoms with van der Waals surface area (Å²) in [4.78, 5) is 13.3. The number of nitriles is 1. The van der Waals surface area contributed by atoms with Gasteiger partial charge in [-0.1, -0.05) is 0 Å². The number of nitrogens with zero attached hydrogens (tertiary/aromatic N) is 4. The van der Waals surface area contributed by atoms with Crippen molar-refractivity contribution in [3.63, 3.8) is 0 Å². The highest BCUT2D eigenvalue weighted by Crippen LogP contribution is 2.20. The molecule has 1 fully saturated rings. The second-order valence-corrected chi connectivity index (χ2v) is 4.16. The van der Waals surface area contributed by atoms with E-state index in [0.717, 1.165) is 31.7 Å². The number of hydrogen-bond donors (Lipinski definition) is 0. The molecule has 0 aromatic carbocycles. The summed E-state index contributed by atoms with van der Waals surface area (Å²) in [5.41, 5.74) is 0.202. The first-order valence-electron chi connectivity index (χ1n) is 5.81. The Labute approximate surface area is 105 Å². The van der Waals surface area contributed by atoms with Crippen molar-refractivity contribution in [1.82, 2.24) is 10.2 Å². The second-order valence-electron chi connectivity index (χ2n) is 4.16. The van der Waals surface area contributed by atoms with Gasteiger partial charge in [0.05, 0.1) is 13.2 Å². The van der Waals surface area contributed by atoms with Crippen molar-refractivity contribution in [1.29, 1.82) is 5.26 Å². The van der Waals surface area contributed by atoms with Crippen LogP contribution in [0.1, 0.15) is 23.3 Å². The van der Waals surface area contributed by atoms with Gasteiger partial charge in [-0.15, -0.1) is 10.2 Å². The van der Waals surface area contributed by atoms with Gasteiger partial charge in [-0.2, -0.15) is 5.26 Å². The number of aromatic nitrogens is 2. The molecular weight excluding hydrogens is 232 g/mol. The molecular formula is C12H14N4O2. The molecule has 6 heteroatoms. The smallest absolute Gasteiger partial charge is 0.358 e. The molecule has 0 aliphatic carbocycles. The summed E-state index contributed by atoms with van der Waals surface area (Å²) in [6.07, 6.45) is 1.69. The number of piperidine rings is 1. The lowest BCUT2D eigenvalue weighted by Gasteiger charge is -2.29. The van der Waals surface area contributed by atoms with Crippen molar-refractivity contribution in [2.24, 2.45) is 5.92 Å². The number of methoxy groups -OCH3 is 1. The molecule has 94 valence electrons. The molecule has 1 saturated heterocycles. The first-order valence-corrected chi connectivity index (χ1v) is 5.81. The maximum absolute atomic E-state index is 11.2. The fraction of sp³-hybridized carbons (Fsp3) is 0.500. The molecule has 2 heterocycles. The van der Waals surface area contributed by atoms with E-state index >= 15 is 0 Å². The van der Waals surface area contributed by atoms with Gasteiger partial charge >= 0.3 is 5.97 Å². The largest absolute Gasteiger partial charge is 0.464 e. The van der Waals surface area contributed by atoms with E-state index in [1.54, 1.807) is 12.1 Å². The van der Waals surface area contributed by atoms with Crippen LogP contribution in [-0.2, 0) is 4.74 Å². The molecule has 0 radical (unpaired) electrons. The fourth-order valence-corrected chi connectivity index (χ4v) is 1.95. The topological polar surface area (TPSA) is 79.1 Å². The quantitative estimate of drug-likeness (QED) is 0.724.